The topological polar surface area (TPSA) is 138 Å². The van der Waals surface area contributed by atoms with E-state index in [1.807, 2.05) is 24.3 Å². The number of methoxy groups -OCH3 is 1. The van der Waals surface area contributed by atoms with E-state index in [-0.39, 0.29) is 24.3 Å². The highest BCUT2D eigenvalue weighted by molar-refractivity contribution is 5.99. The highest BCUT2D eigenvalue weighted by Crippen LogP contribution is 2.30. The lowest BCUT2D eigenvalue weighted by atomic mass is 10.2. The molecule has 3 amide bonds. The summed E-state index contributed by atoms with van der Waals surface area (Å²) in [6.45, 7) is 3.69. The zero-order chi connectivity index (χ0) is 27.5. The number of aromatic nitrogens is 4. The molecule has 5 heterocycles. The Morgan fingerprint density at radius 1 is 0.825 bits per heavy atom. The van der Waals surface area contributed by atoms with Gasteiger partial charge in [0.05, 0.1) is 19.3 Å². The van der Waals surface area contributed by atoms with Gasteiger partial charge >= 0.3 is 12.1 Å². The summed E-state index contributed by atoms with van der Waals surface area (Å²) in [6, 6.07) is 10.5. The number of amides is 3. The van der Waals surface area contributed by atoms with Gasteiger partial charge in [-0.05, 0) is 49.2 Å². The van der Waals surface area contributed by atoms with E-state index in [1.54, 1.807) is 29.4 Å². The zero-order valence-electron chi connectivity index (χ0n) is 22.2. The van der Waals surface area contributed by atoms with E-state index < -0.39 is 0 Å². The van der Waals surface area contributed by atoms with E-state index in [1.165, 1.54) is 7.11 Å². The number of carbonyl (C=O) groups excluding carboxylic acids is 2. The molecule has 3 aromatic rings. The third-order valence-electron chi connectivity index (χ3n) is 7.27. The molecule has 3 fully saturated rings. The molecule has 3 aliphatic rings. The Balaban J connectivity index is 1.22. The first-order valence-electron chi connectivity index (χ1n) is 13.4. The number of anilines is 4. The summed E-state index contributed by atoms with van der Waals surface area (Å²) in [5.41, 5.74) is 2.08. The molecule has 13 heteroatoms. The monoisotopic (exact) mass is 545 g/mol. The normalized spacial score (nSPS) is 20.3. The number of pyridine rings is 1. The Hall–Kier alpha value is -4.52. The number of rotatable bonds is 5. The van der Waals surface area contributed by atoms with Crippen LogP contribution in [0.4, 0.5) is 32.9 Å². The molecule has 1 aromatic carbocycles. The second-order valence-electron chi connectivity index (χ2n) is 9.96. The second-order valence-corrected chi connectivity index (χ2v) is 9.96. The summed E-state index contributed by atoms with van der Waals surface area (Å²) in [5.74, 6) is 1.74. The molecule has 2 bridgehead atoms. The van der Waals surface area contributed by atoms with Crippen molar-refractivity contribution in [3.05, 3.63) is 48.8 Å². The van der Waals surface area contributed by atoms with Gasteiger partial charge in [-0.2, -0.15) is 15.0 Å². The van der Waals surface area contributed by atoms with Crippen LogP contribution in [0.2, 0.25) is 0 Å². The van der Waals surface area contributed by atoms with Crippen LogP contribution < -0.4 is 20.4 Å². The van der Waals surface area contributed by atoms with Crippen LogP contribution in [0.1, 0.15) is 12.8 Å². The third kappa shape index (κ3) is 5.73. The predicted octanol–water partition coefficient (Wildman–Crippen LogP) is 2.83. The highest BCUT2D eigenvalue weighted by Gasteiger charge is 2.35. The van der Waals surface area contributed by atoms with Gasteiger partial charge < -0.3 is 34.8 Å². The maximum Gasteiger partial charge on any atom is 0.409 e. The van der Waals surface area contributed by atoms with Gasteiger partial charge in [-0.1, -0.05) is 0 Å². The molecular formula is C27H31N9O4. The van der Waals surface area contributed by atoms with Gasteiger partial charge in [0.25, 0.3) is 0 Å². The number of ether oxygens (including phenoxy) is 2. The first-order valence-corrected chi connectivity index (χ1v) is 13.4. The van der Waals surface area contributed by atoms with E-state index >= 15 is 0 Å². The molecule has 13 nitrogen and oxygen atoms in total. The Labute approximate surface area is 231 Å². The smallest absolute Gasteiger partial charge is 0.409 e. The molecule has 3 saturated heterocycles. The van der Waals surface area contributed by atoms with E-state index in [0.717, 1.165) is 31.5 Å². The summed E-state index contributed by atoms with van der Waals surface area (Å²) in [4.78, 5) is 48.8. The Morgan fingerprint density at radius 3 is 2.05 bits per heavy atom. The second kappa shape index (κ2) is 11.3. The van der Waals surface area contributed by atoms with Crippen LogP contribution in [-0.4, -0.2) is 95.5 Å². The van der Waals surface area contributed by atoms with E-state index in [2.05, 4.69) is 25.4 Å². The number of nitrogens with one attached hydrogen (secondary N) is 2. The van der Waals surface area contributed by atoms with E-state index in [0.29, 0.717) is 55.3 Å². The quantitative estimate of drug-likeness (QED) is 0.492. The van der Waals surface area contributed by atoms with Gasteiger partial charge in [0, 0.05) is 68.6 Å². The molecule has 0 saturated carbocycles. The molecule has 2 unspecified atom stereocenters. The molecule has 208 valence electrons. The van der Waals surface area contributed by atoms with Crippen LogP contribution in [0, 0.1) is 0 Å². The fourth-order valence-corrected chi connectivity index (χ4v) is 5.19. The Kier molecular flexibility index (Phi) is 7.27. The number of urea groups is 1. The predicted molar refractivity (Wildman–Crippen MR) is 148 cm³/mol. The van der Waals surface area contributed by atoms with Crippen molar-refractivity contribution in [2.24, 2.45) is 0 Å². The number of piperazine rings is 1. The SMILES string of the molecule is COC(=O)N1CCN(c2nc(-c3ccc(NC(=O)Nc4ccncc4)cc3)nc(N3CC4CCC(C3)O4)n2)CC1. The van der Waals surface area contributed by atoms with Crippen LogP contribution in [0.5, 0.6) is 0 Å². The maximum atomic E-state index is 12.4. The van der Waals surface area contributed by atoms with Gasteiger partial charge in [-0.3, -0.25) is 4.98 Å². The van der Waals surface area contributed by atoms with Crippen molar-refractivity contribution in [1.82, 2.24) is 24.8 Å². The minimum atomic E-state index is -0.350. The van der Waals surface area contributed by atoms with Crippen molar-refractivity contribution < 1.29 is 19.1 Å². The van der Waals surface area contributed by atoms with Crippen LogP contribution in [0.25, 0.3) is 11.4 Å². The lowest BCUT2D eigenvalue weighted by Crippen LogP contribution is -2.49. The van der Waals surface area contributed by atoms with E-state index in [4.69, 9.17) is 24.4 Å². The van der Waals surface area contributed by atoms with Crippen molar-refractivity contribution >= 4 is 35.4 Å². The summed E-state index contributed by atoms with van der Waals surface area (Å²) in [6.07, 6.45) is 5.37. The fourth-order valence-electron chi connectivity index (χ4n) is 5.19. The fraction of sp³-hybridized carbons (Fsp3) is 0.407. The van der Waals surface area contributed by atoms with Crippen molar-refractivity contribution in [3.63, 3.8) is 0 Å². The number of carbonyl (C=O) groups is 2. The number of nitrogens with zero attached hydrogens (tertiary/aromatic N) is 7. The molecule has 6 rings (SSSR count). The first kappa shape index (κ1) is 25.7. The molecule has 2 atom stereocenters. The Morgan fingerprint density at radius 2 is 1.43 bits per heavy atom. The summed E-state index contributed by atoms with van der Waals surface area (Å²) in [7, 11) is 1.39. The molecule has 2 N–H and O–H groups in total. The summed E-state index contributed by atoms with van der Waals surface area (Å²) in [5, 5.41) is 5.61. The molecule has 0 radical (unpaired) electrons. The van der Waals surface area contributed by atoms with Crippen molar-refractivity contribution in [3.8, 4) is 11.4 Å². The first-order chi connectivity index (χ1) is 19.5. The molecule has 0 spiro atoms. The van der Waals surface area contributed by atoms with E-state index in [9.17, 15) is 9.59 Å². The minimum Gasteiger partial charge on any atom is -0.453 e. The maximum absolute atomic E-state index is 12.4. The van der Waals surface area contributed by atoms with Gasteiger partial charge in [0.2, 0.25) is 11.9 Å². The molecule has 2 aromatic heterocycles. The van der Waals surface area contributed by atoms with Crippen LogP contribution in [0.3, 0.4) is 0 Å². The number of benzene rings is 1. The lowest BCUT2D eigenvalue weighted by Gasteiger charge is -2.35. The Bertz CT molecular complexity index is 1340. The van der Waals surface area contributed by atoms with Crippen LogP contribution in [0.15, 0.2) is 48.8 Å². The van der Waals surface area contributed by atoms with Crippen molar-refractivity contribution in [2.75, 3.05) is 66.8 Å². The number of hydrogen-bond acceptors (Lipinski definition) is 10. The molecule has 3 aliphatic heterocycles. The third-order valence-corrected chi connectivity index (χ3v) is 7.27. The van der Waals surface area contributed by atoms with Crippen molar-refractivity contribution in [2.45, 2.75) is 25.0 Å². The summed E-state index contributed by atoms with van der Waals surface area (Å²) < 4.78 is 10.9. The largest absolute Gasteiger partial charge is 0.453 e. The van der Waals surface area contributed by atoms with Crippen LogP contribution >= 0.6 is 0 Å². The van der Waals surface area contributed by atoms with Crippen LogP contribution in [-0.2, 0) is 9.47 Å². The molecule has 40 heavy (non-hydrogen) atoms. The molecular weight excluding hydrogens is 514 g/mol. The number of fused-ring (bicyclic) bond motifs is 2. The summed E-state index contributed by atoms with van der Waals surface area (Å²) >= 11 is 0. The standard InChI is InChI=1S/C27H31N9O4/c1-39-27(38)35-14-12-34(13-15-35)24-31-23(32-25(33-24)36-16-21-6-7-22(17-36)40-21)18-2-4-19(5-3-18)29-26(37)30-20-8-10-28-11-9-20/h2-5,8-11,21-22H,6-7,12-17H2,1H3,(H2,28,29,30,37). The highest BCUT2D eigenvalue weighted by atomic mass is 16.5. The number of morpholine rings is 1. The van der Waals surface area contributed by atoms with Gasteiger partial charge in [0.1, 0.15) is 0 Å². The lowest BCUT2D eigenvalue weighted by molar-refractivity contribution is 0.0299. The van der Waals surface area contributed by atoms with Gasteiger partial charge in [-0.15, -0.1) is 0 Å². The molecule has 0 aliphatic carbocycles. The average Bonchev–Trinajstić information content (AvgIpc) is 3.34. The average molecular weight is 546 g/mol. The van der Waals surface area contributed by atoms with Gasteiger partial charge in [0.15, 0.2) is 5.82 Å². The minimum absolute atomic E-state index is 0.190. The van der Waals surface area contributed by atoms with Crippen molar-refractivity contribution in [1.29, 1.82) is 0 Å². The van der Waals surface area contributed by atoms with Gasteiger partial charge in [-0.25, -0.2) is 9.59 Å². The zero-order valence-corrected chi connectivity index (χ0v) is 22.2. The number of hydrogen-bond donors (Lipinski definition) is 2.